The minimum atomic E-state index is -0.837. The molecular weight excluding hydrogens is 536 g/mol. The van der Waals surface area contributed by atoms with E-state index in [4.69, 9.17) is 24.7 Å². The van der Waals surface area contributed by atoms with Gasteiger partial charge in [0.05, 0.1) is 13.0 Å². The summed E-state index contributed by atoms with van der Waals surface area (Å²) >= 11 is 3.49. The number of benzene rings is 3. The number of hydrogen-bond acceptors (Lipinski definition) is 7. The lowest BCUT2D eigenvalue weighted by Crippen LogP contribution is -2.28. The molecule has 3 aromatic carbocycles. The van der Waals surface area contributed by atoms with E-state index in [1.165, 1.54) is 5.56 Å². The zero-order chi connectivity index (χ0) is 26.7. The van der Waals surface area contributed by atoms with E-state index >= 15 is 0 Å². The molecule has 0 radical (unpaired) electrons. The third-order valence-electron chi connectivity index (χ3n) is 6.10. The zero-order valence-electron chi connectivity index (χ0n) is 20.9. The van der Waals surface area contributed by atoms with Crippen LogP contribution in [0.25, 0.3) is 0 Å². The highest BCUT2D eigenvalue weighted by Crippen LogP contribution is 2.46. The second kappa shape index (κ2) is 11.0. The van der Waals surface area contributed by atoms with Crippen LogP contribution in [-0.4, -0.2) is 19.2 Å². The molecule has 0 aliphatic carbocycles. The summed E-state index contributed by atoms with van der Waals surface area (Å²) in [5, 5.41) is 9.85. The summed E-state index contributed by atoms with van der Waals surface area (Å²) in [4.78, 5) is 12.7. The first-order valence-electron chi connectivity index (χ1n) is 11.7. The van der Waals surface area contributed by atoms with Crippen molar-refractivity contribution < 1.29 is 23.7 Å². The van der Waals surface area contributed by atoms with Crippen molar-refractivity contribution in [2.24, 2.45) is 5.73 Å². The molecule has 1 heterocycles. The quantitative estimate of drug-likeness (QED) is 0.271. The van der Waals surface area contributed by atoms with Crippen LogP contribution in [0, 0.1) is 11.3 Å². The van der Waals surface area contributed by atoms with Gasteiger partial charge < -0.3 is 24.7 Å². The first-order valence-corrected chi connectivity index (χ1v) is 12.5. The summed E-state index contributed by atoms with van der Waals surface area (Å²) in [5.41, 5.74) is 9.02. The first kappa shape index (κ1) is 26.1. The van der Waals surface area contributed by atoms with Crippen LogP contribution >= 0.6 is 15.9 Å². The second-order valence-electron chi connectivity index (χ2n) is 8.92. The van der Waals surface area contributed by atoms with Crippen LogP contribution in [0.2, 0.25) is 0 Å². The number of halogens is 1. The van der Waals surface area contributed by atoms with Gasteiger partial charge >= 0.3 is 5.97 Å². The van der Waals surface area contributed by atoms with Crippen molar-refractivity contribution in [3.05, 3.63) is 93.3 Å². The number of methoxy groups -OCH3 is 1. The Morgan fingerprint density at radius 3 is 2.38 bits per heavy atom. The average molecular weight is 563 g/mol. The number of carbonyl (C=O) groups excluding carboxylic acids is 1. The number of nitriles is 1. The summed E-state index contributed by atoms with van der Waals surface area (Å²) in [7, 11) is 1.57. The smallest absolute Gasteiger partial charge is 0.352 e. The predicted molar refractivity (Wildman–Crippen MR) is 143 cm³/mol. The minimum Gasteiger partial charge on any atom is -0.496 e. The fourth-order valence-electron chi connectivity index (χ4n) is 4.13. The van der Waals surface area contributed by atoms with Gasteiger partial charge in [-0.1, -0.05) is 48.0 Å². The summed E-state index contributed by atoms with van der Waals surface area (Å²) in [6.07, 6.45) is -0.837. The van der Waals surface area contributed by atoms with Crippen molar-refractivity contribution in [3.8, 4) is 29.1 Å². The number of esters is 1. The molecule has 0 fully saturated rings. The maximum atomic E-state index is 12.7. The molecule has 37 heavy (non-hydrogen) atoms. The van der Waals surface area contributed by atoms with Crippen LogP contribution in [0.4, 0.5) is 0 Å². The molecule has 2 atom stereocenters. The Balaban J connectivity index is 1.57. The van der Waals surface area contributed by atoms with Crippen molar-refractivity contribution in [3.63, 3.8) is 0 Å². The highest BCUT2D eigenvalue weighted by atomic mass is 79.9. The number of ether oxygens (including phenoxy) is 4. The van der Waals surface area contributed by atoms with Crippen LogP contribution < -0.4 is 24.7 Å². The maximum absolute atomic E-state index is 12.7. The van der Waals surface area contributed by atoms with Gasteiger partial charge in [0, 0.05) is 21.7 Å². The van der Waals surface area contributed by atoms with Gasteiger partial charge in [0.1, 0.15) is 34.6 Å². The molecule has 2 N–H and O–H groups in total. The van der Waals surface area contributed by atoms with Gasteiger partial charge in [-0.05, 0) is 54.8 Å². The van der Waals surface area contributed by atoms with Gasteiger partial charge in [-0.3, -0.25) is 0 Å². The normalized spacial score (nSPS) is 15.3. The number of fused-ring (bicyclic) bond motifs is 1. The van der Waals surface area contributed by atoms with E-state index in [-0.39, 0.29) is 17.2 Å². The first-order chi connectivity index (χ1) is 17.7. The Hall–Kier alpha value is -3.96. The molecule has 0 saturated heterocycles. The van der Waals surface area contributed by atoms with Gasteiger partial charge in [0.25, 0.3) is 0 Å². The van der Waals surface area contributed by atoms with Crippen molar-refractivity contribution in [2.45, 2.75) is 38.7 Å². The predicted octanol–water partition coefficient (Wildman–Crippen LogP) is 6.17. The van der Waals surface area contributed by atoms with Gasteiger partial charge in [0.2, 0.25) is 5.88 Å². The third kappa shape index (κ3) is 5.57. The molecule has 7 nitrogen and oxygen atoms in total. The summed E-state index contributed by atoms with van der Waals surface area (Å²) in [5.74, 6) is 1.12. The molecule has 0 saturated carbocycles. The van der Waals surface area contributed by atoms with Crippen LogP contribution in [-0.2, 0) is 4.79 Å². The third-order valence-corrected chi connectivity index (χ3v) is 6.60. The van der Waals surface area contributed by atoms with Gasteiger partial charge in [-0.15, -0.1) is 0 Å². The molecule has 0 spiro atoms. The molecule has 8 heteroatoms. The summed E-state index contributed by atoms with van der Waals surface area (Å²) in [6.45, 7) is 5.85. The molecular formula is C29H27BrN2O5. The molecule has 0 amide bonds. The van der Waals surface area contributed by atoms with E-state index < -0.39 is 18.0 Å². The fourth-order valence-corrected chi connectivity index (χ4v) is 4.51. The van der Waals surface area contributed by atoms with Crippen molar-refractivity contribution in [1.29, 1.82) is 5.26 Å². The number of allylic oxidation sites excluding steroid dienone is 1. The van der Waals surface area contributed by atoms with Crippen LogP contribution in [0.15, 0.2) is 76.6 Å². The lowest BCUT2D eigenvalue weighted by molar-refractivity contribution is -0.141. The number of carbonyl (C=O) groups is 1. The number of nitrogens with zero attached hydrogens (tertiary/aromatic N) is 1. The highest BCUT2D eigenvalue weighted by molar-refractivity contribution is 9.10. The summed E-state index contributed by atoms with van der Waals surface area (Å²) in [6, 6.07) is 20.3. The molecule has 0 bridgehead atoms. The monoisotopic (exact) mass is 562 g/mol. The van der Waals surface area contributed by atoms with Crippen LogP contribution in [0.1, 0.15) is 49.3 Å². The van der Waals surface area contributed by atoms with Gasteiger partial charge in [-0.25, -0.2) is 4.79 Å². The van der Waals surface area contributed by atoms with E-state index in [0.717, 1.165) is 10.0 Å². The fraction of sp³-hybridized carbons (Fsp3) is 0.241. The molecule has 1 aliphatic rings. The maximum Gasteiger partial charge on any atom is 0.352 e. The van der Waals surface area contributed by atoms with Crippen LogP contribution in [0.3, 0.4) is 0 Å². The molecule has 0 aromatic heterocycles. The molecule has 190 valence electrons. The topological polar surface area (TPSA) is 104 Å². The minimum absolute atomic E-state index is 0.0212. The van der Waals surface area contributed by atoms with E-state index in [2.05, 4.69) is 35.8 Å². The highest BCUT2D eigenvalue weighted by Gasteiger charge is 2.33. The largest absolute Gasteiger partial charge is 0.496 e. The number of rotatable bonds is 7. The standard InChI is InChI=1S/C29H27BrN2O5/c1-16(2)18-5-8-20(9-6-18)35-17(3)29(33)36-21-10-11-22-26(14-21)37-28(32)24(15-31)27(22)23-13-19(30)7-12-25(23)34-4/h5-14,16-17,27H,32H2,1-4H3. The molecule has 4 rings (SSSR count). The van der Waals surface area contributed by atoms with Crippen LogP contribution in [0.5, 0.6) is 23.0 Å². The van der Waals surface area contributed by atoms with E-state index in [0.29, 0.717) is 28.7 Å². The van der Waals surface area contributed by atoms with Crippen molar-refractivity contribution in [2.75, 3.05) is 7.11 Å². The number of nitrogens with two attached hydrogens (primary N) is 1. The van der Waals surface area contributed by atoms with Crippen molar-refractivity contribution in [1.82, 2.24) is 0 Å². The lowest BCUT2D eigenvalue weighted by Gasteiger charge is -2.28. The van der Waals surface area contributed by atoms with Crippen molar-refractivity contribution >= 4 is 21.9 Å². The molecule has 3 aromatic rings. The second-order valence-corrected chi connectivity index (χ2v) is 9.83. The van der Waals surface area contributed by atoms with Gasteiger partial charge in [-0.2, -0.15) is 5.26 Å². The zero-order valence-corrected chi connectivity index (χ0v) is 22.5. The lowest BCUT2D eigenvalue weighted by atomic mass is 9.83. The number of hydrogen-bond donors (Lipinski definition) is 1. The van der Waals surface area contributed by atoms with E-state index in [1.807, 2.05) is 42.5 Å². The molecule has 2 unspecified atom stereocenters. The Bertz CT molecular complexity index is 1390. The SMILES string of the molecule is COc1ccc(Br)cc1C1C(C#N)=C(N)Oc2cc(OC(=O)C(C)Oc3ccc(C(C)C)cc3)ccc21. The Kier molecular flexibility index (Phi) is 7.74. The summed E-state index contributed by atoms with van der Waals surface area (Å²) < 4.78 is 23.5. The molecule has 1 aliphatic heterocycles. The Morgan fingerprint density at radius 2 is 1.73 bits per heavy atom. The Morgan fingerprint density at radius 1 is 1.03 bits per heavy atom. The van der Waals surface area contributed by atoms with E-state index in [1.54, 1.807) is 32.2 Å². The average Bonchev–Trinajstić information content (AvgIpc) is 2.88. The van der Waals surface area contributed by atoms with Gasteiger partial charge in [0.15, 0.2) is 6.10 Å². The van der Waals surface area contributed by atoms with E-state index in [9.17, 15) is 10.1 Å². The Labute approximate surface area is 224 Å².